The molecule has 0 spiro atoms. The number of halogens is 5. The number of amidine groups is 1. The van der Waals surface area contributed by atoms with Gasteiger partial charge in [-0.2, -0.15) is 18.4 Å². The Morgan fingerprint density at radius 1 is 1.18 bits per heavy atom. The van der Waals surface area contributed by atoms with Crippen LogP contribution in [-0.2, 0) is 10.3 Å². The van der Waals surface area contributed by atoms with Gasteiger partial charge in [-0.1, -0.05) is 36.0 Å². The number of aromatic nitrogens is 1. The van der Waals surface area contributed by atoms with Gasteiger partial charge in [-0.05, 0) is 48.0 Å². The molecule has 1 fully saturated rings. The van der Waals surface area contributed by atoms with Crippen LogP contribution in [0.25, 0.3) is 11.9 Å². The van der Waals surface area contributed by atoms with Gasteiger partial charge in [-0.25, -0.2) is 13.8 Å². The van der Waals surface area contributed by atoms with Crippen LogP contribution in [0.15, 0.2) is 71.9 Å². The van der Waals surface area contributed by atoms with Crippen molar-refractivity contribution in [3.63, 3.8) is 0 Å². The number of rotatable bonds is 4. The van der Waals surface area contributed by atoms with E-state index in [4.69, 9.17) is 10.00 Å². The molecule has 3 aromatic rings. The lowest BCUT2D eigenvalue weighted by molar-refractivity contribution is -0.215. The number of carbonyl (C=O) groups excluding carboxylic acids is 1. The molecule has 0 unspecified atom stereocenters. The summed E-state index contributed by atoms with van der Waals surface area (Å²) in [4.78, 5) is 21.1. The summed E-state index contributed by atoms with van der Waals surface area (Å²) in [5.41, 5.74) is -1.45. The molecule has 1 aromatic heterocycles. The van der Waals surface area contributed by atoms with Crippen molar-refractivity contribution in [2.75, 3.05) is 12.4 Å². The minimum atomic E-state index is -4.74. The van der Waals surface area contributed by atoms with E-state index >= 15 is 4.39 Å². The summed E-state index contributed by atoms with van der Waals surface area (Å²) in [5.74, 6) is -3.66. The highest BCUT2D eigenvalue weighted by molar-refractivity contribution is 8.13. The molecule has 0 radical (unpaired) electrons. The van der Waals surface area contributed by atoms with E-state index in [1.54, 1.807) is 30.3 Å². The lowest BCUT2D eigenvalue weighted by Crippen LogP contribution is -2.47. The van der Waals surface area contributed by atoms with Crippen LogP contribution in [0, 0.1) is 23.1 Å². The number of ether oxygens (including phenoxy) is 1. The number of benzene rings is 2. The van der Waals surface area contributed by atoms with Gasteiger partial charge < -0.3 is 10.1 Å². The summed E-state index contributed by atoms with van der Waals surface area (Å²) >= 11 is 0.909. The van der Waals surface area contributed by atoms with Gasteiger partial charge in [-0.15, -0.1) is 0 Å². The molecule has 2 aliphatic heterocycles. The average Bonchev–Trinajstić information content (AvgIpc) is 3.35. The number of nitrogens with zero attached hydrogens (tertiary/aromatic N) is 3. The van der Waals surface area contributed by atoms with Gasteiger partial charge in [0.15, 0.2) is 11.3 Å². The monoisotopic (exact) mass is 570 g/mol. The zero-order valence-electron chi connectivity index (χ0n) is 20.5. The zero-order chi connectivity index (χ0) is 28.5. The lowest BCUT2D eigenvalue weighted by Gasteiger charge is -2.37. The van der Waals surface area contributed by atoms with E-state index in [9.17, 15) is 22.4 Å². The SMILES string of the molecule is N#Cc1ccc(/C(F)=C/c2ccc(F)c([C@@]34CO[C@@H](C(F)(F)F)[C@@H]3CSC(NC(=O)c3ccccc3)=N4)c2)nc1. The molecule has 0 saturated carbocycles. The third-order valence-electron chi connectivity index (χ3n) is 6.63. The van der Waals surface area contributed by atoms with Crippen molar-refractivity contribution in [2.45, 2.75) is 17.8 Å². The van der Waals surface area contributed by atoms with Gasteiger partial charge in [-0.3, -0.25) is 9.78 Å². The van der Waals surface area contributed by atoms with Gasteiger partial charge in [0, 0.05) is 29.0 Å². The van der Waals surface area contributed by atoms with Crippen LogP contribution in [-0.4, -0.2) is 40.7 Å². The predicted molar refractivity (Wildman–Crippen MR) is 139 cm³/mol. The van der Waals surface area contributed by atoms with E-state index in [0.717, 1.165) is 23.9 Å². The van der Waals surface area contributed by atoms with Crippen molar-refractivity contribution >= 4 is 34.7 Å². The van der Waals surface area contributed by atoms with E-state index < -0.39 is 47.9 Å². The van der Waals surface area contributed by atoms with Crippen molar-refractivity contribution in [1.29, 1.82) is 5.26 Å². The number of aliphatic imine (C=N–C) groups is 1. The summed E-state index contributed by atoms with van der Waals surface area (Å²) in [6.07, 6.45) is -4.71. The van der Waals surface area contributed by atoms with Crippen LogP contribution in [0.3, 0.4) is 0 Å². The number of hydrogen-bond acceptors (Lipinski definition) is 6. The highest BCUT2D eigenvalue weighted by Gasteiger charge is 2.62. The first-order valence-electron chi connectivity index (χ1n) is 11.9. The number of nitrogens with one attached hydrogen (secondary N) is 1. The molecule has 1 saturated heterocycles. The summed E-state index contributed by atoms with van der Waals surface area (Å²) in [7, 11) is 0. The maximum Gasteiger partial charge on any atom is 0.415 e. The topological polar surface area (TPSA) is 87.4 Å². The second-order valence-electron chi connectivity index (χ2n) is 9.13. The normalized spacial score (nSPS) is 22.7. The van der Waals surface area contributed by atoms with Gasteiger partial charge in [0.05, 0.1) is 17.9 Å². The number of hydrogen-bond donors (Lipinski definition) is 1. The molecular weight excluding hydrogens is 551 g/mol. The molecule has 6 nitrogen and oxygen atoms in total. The predicted octanol–water partition coefficient (Wildman–Crippen LogP) is 5.87. The van der Waals surface area contributed by atoms with Gasteiger partial charge in [0.1, 0.15) is 23.3 Å². The number of pyridine rings is 1. The Labute approximate surface area is 229 Å². The van der Waals surface area contributed by atoms with E-state index in [1.807, 2.05) is 6.07 Å². The quantitative estimate of drug-likeness (QED) is 0.397. The maximum atomic E-state index is 15.4. The Balaban J connectivity index is 1.55. The van der Waals surface area contributed by atoms with Crippen LogP contribution < -0.4 is 5.32 Å². The van der Waals surface area contributed by atoms with Gasteiger partial charge in [0.2, 0.25) is 0 Å². The third-order valence-corrected chi connectivity index (χ3v) is 7.62. The molecule has 12 heteroatoms. The lowest BCUT2D eigenvalue weighted by atomic mass is 9.78. The van der Waals surface area contributed by atoms with Crippen molar-refractivity contribution in [3.05, 3.63) is 101 Å². The molecule has 0 aliphatic carbocycles. The summed E-state index contributed by atoms with van der Waals surface area (Å²) in [6.45, 7) is -0.600. The molecular formula is C28H19F5N4O2S. The second kappa shape index (κ2) is 10.8. The summed E-state index contributed by atoms with van der Waals surface area (Å²) in [6, 6.07) is 16.2. The average molecular weight is 571 g/mol. The second-order valence-corrected chi connectivity index (χ2v) is 10.1. The van der Waals surface area contributed by atoms with Crippen LogP contribution in [0.1, 0.15) is 32.7 Å². The fraction of sp³-hybridized carbons (Fsp3) is 0.214. The van der Waals surface area contributed by atoms with E-state index in [0.29, 0.717) is 5.56 Å². The standard InChI is InChI=1S/C28H19F5N4O2S/c29-21-8-6-16(11-22(30)23-9-7-17(12-34)13-35-23)10-19(21)27-15-39-24(28(31,32)33)20(27)14-40-26(37-27)36-25(38)18-4-2-1-3-5-18/h1-11,13,20,24H,14-15H2,(H,36,37,38)/b22-11-/t20-,24+,27-/m0/s1. The fourth-order valence-electron chi connectivity index (χ4n) is 4.68. The first-order valence-corrected chi connectivity index (χ1v) is 12.9. The Morgan fingerprint density at radius 2 is 1.95 bits per heavy atom. The van der Waals surface area contributed by atoms with Gasteiger partial charge >= 0.3 is 6.18 Å². The van der Waals surface area contributed by atoms with Crippen LogP contribution in [0.5, 0.6) is 0 Å². The molecule has 40 heavy (non-hydrogen) atoms. The zero-order valence-corrected chi connectivity index (χ0v) is 21.3. The third kappa shape index (κ3) is 5.35. The minimum absolute atomic E-state index is 0.0184. The highest BCUT2D eigenvalue weighted by atomic mass is 32.2. The molecule has 2 aromatic carbocycles. The van der Waals surface area contributed by atoms with E-state index in [1.165, 1.54) is 30.5 Å². The smallest absolute Gasteiger partial charge is 0.365 e. The molecule has 1 N–H and O–H groups in total. The Bertz CT molecular complexity index is 1540. The van der Waals surface area contributed by atoms with E-state index in [-0.39, 0.29) is 33.3 Å². The molecule has 3 heterocycles. The van der Waals surface area contributed by atoms with Crippen LogP contribution in [0.4, 0.5) is 22.0 Å². The number of nitriles is 1. The molecule has 2 aliphatic rings. The fourth-order valence-corrected chi connectivity index (χ4v) is 5.86. The molecule has 1 amide bonds. The number of carbonyl (C=O) groups is 1. The largest absolute Gasteiger partial charge is 0.415 e. The van der Waals surface area contributed by atoms with Crippen molar-refractivity contribution in [2.24, 2.45) is 10.9 Å². The van der Waals surface area contributed by atoms with Gasteiger partial charge in [0.25, 0.3) is 5.91 Å². The van der Waals surface area contributed by atoms with Crippen LogP contribution in [0.2, 0.25) is 0 Å². The van der Waals surface area contributed by atoms with Crippen molar-refractivity contribution < 1.29 is 31.5 Å². The van der Waals surface area contributed by atoms with E-state index in [2.05, 4.69) is 15.3 Å². The Hall–Kier alpha value is -4.08. The van der Waals surface area contributed by atoms with Crippen LogP contribution >= 0.6 is 11.8 Å². The molecule has 0 bridgehead atoms. The Morgan fingerprint density at radius 3 is 2.62 bits per heavy atom. The number of thioether (sulfide) groups is 1. The molecule has 3 atom stereocenters. The minimum Gasteiger partial charge on any atom is -0.365 e. The molecule has 5 rings (SSSR count). The first kappa shape index (κ1) is 27.5. The van der Waals surface area contributed by atoms with Crippen molar-refractivity contribution in [3.8, 4) is 6.07 Å². The Kier molecular flexibility index (Phi) is 7.44. The first-order chi connectivity index (χ1) is 19.1. The number of fused-ring (bicyclic) bond motifs is 1. The number of amides is 1. The maximum absolute atomic E-state index is 15.4. The molecule has 204 valence electrons. The summed E-state index contributed by atoms with van der Waals surface area (Å²) in [5, 5.41) is 11.5. The summed E-state index contributed by atoms with van der Waals surface area (Å²) < 4.78 is 77.2. The number of alkyl halides is 3. The highest BCUT2D eigenvalue weighted by Crippen LogP contribution is 2.52. The van der Waals surface area contributed by atoms with Crippen molar-refractivity contribution in [1.82, 2.24) is 10.3 Å².